The van der Waals surface area contributed by atoms with E-state index >= 15 is 0 Å². The number of aromatic nitrogens is 2. The Morgan fingerprint density at radius 2 is 1.61 bits per heavy atom. The Balaban J connectivity index is 1.03. The summed E-state index contributed by atoms with van der Waals surface area (Å²) in [5.41, 5.74) is 5.74. The molecule has 3 amide bonds. The van der Waals surface area contributed by atoms with E-state index in [-0.39, 0.29) is 35.7 Å². The first kappa shape index (κ1) is 33.7. The third-order valence-electron chi connectivity index (χ3n) is 9.59. The zero-order chi connectivity index (χ0) is 34.5. The van der Waals surface area contributed by atoms with Crippen molar-refractivity contribution in [1.82, 2.24) is 20.4 Å². The lowest BCUT2D eigenvalue weighted by Gasteiger charge is -2.45. The predicted octanol–water partition coefficient (Wildman–Crippen LogP) is 5.08. The Morgan fingerprint density at radius 1 is 0.918 bits per heavy atom. The van der Waals surface area contributed by atoms with Gasteiger partial charge in [0.05, 0.1) is 20.1 Å². The van der Waals surface area contributed by atoms with Gasteiger partial charge in [-0.15, -0.1) is 0 Å². The minimum Gasteiger partial charge on any atom is -0.497 e. The number of piperazine rings is 1. The van der Waals surface area contributed by atoms with Crippen LogP contribution in [-0.2, 0) is 29.0 Å². The number of piperidine rings is 1. The number of anilines is 2. The van der Waals surface area contributed by atoms with Crippen LogP contribution >= 0.6 is 0 Å². The predicted molar refractivity (Wildman–Crippen MR) is 188 cm³/mol. The number of benzene rings is 3. The summed E-state index contributed by atoms with van der Waals surface area (Å²) in [6.45, 7) is 6.84. The summed E-state index contributed by atoms with van der Waals surface area (Å²) < 4.78 is 10.7. The molecule has 1 unspecified atom stereocenters. The number of aromatic amines is 1. The van der Waals surface area contributed by atoms with E-state index in [9.17, 15) is 14.4 Å². The third kappa shape index (κ3) is 7.94. The average molecular weight is 665 g/mol. The molecule has 0 spiro atoms. The van der Waals surface area contributed by atoms with Crippen molar-refractivity contribution in [2.75, 3.05) is 37.5 Å². The van der Waals surface area contributed by atoms with E-state index in [1.165, 1.54) is 0 Å². The highest BCUT2D eigenvalue weighted by Gasteiger charge is 2.33. The highest BCUT2D eigenvalue weighted by molar-refractivity contribution is 6.04. The van der Waals surface area contributed by atoms with E-state index in [2.05, 4.69) is 50.5 Å². The van der Waals surface area contributed by atoms with Gasteiger partial charge in [0, 0.05) is 67.2 Å². The zero-order valence-corrected chi connectivity index (χ0v) is 28.5. The highest BCUT2D eigenvalue weighted by atomic mass is 16.5. The molecule has 11 heteroatoms. The average Bonchev–Trinajstić information content (AvgIpc) is 3.56. The van der Waals surface area contributed by atoms with Crippen LogP contribution in [0.2, 0.25) is 0 Å². The van der Waals surface area contributed by atoms with Crippen LogP contribution in [0.5, 0.6) is 11.5 Å². The van der Waals surface area contributed by atoms with E-state index in [0.29, 0.717) is 30.6 Å². The van der Waals surface area contributed by atoms with Crippen molar-refractivity contribution in [1.29, 1.82) is 0 Å². The number of ether oxygens (including phenoxy) is 2. The molecular formula is C38H44N6O5. The second-order valence-corrected chi connectivity index (χ2v) is 13.0. The van der Waals surface area contributed by atoms with Crippen LogP contribution in [0.15, 0.2) is 72.8 Å². The van der Waals surface area contributed by atoms with Crippen molar-refractivity contribution in [2.45, 2.75) is 64.1 Å². The maximum absolute atomic E-state index is 13.1. The van der Waals surface area contributed by atoms with Gasteiger partial charge in [-0.05, 0) is 86.2 Å². The Kier molecular flexibility index (Phi) is 10.3. The fourth-order valence-corrected chi connectivity index (χ4v) is 6.94. The standard InChI is InChI=1S/C38H44N6O5/c1-24-21-43(22-25(2)44(24)23-28-7-5-6-8-33(28)34-15-16-36(45)40-38(34)47)30-13-10-27(11-14-30)37(46)39-35-19-29(41-42-35)12-9-26-17-31(48-3)20-32(18-26)49-4/h5-8,10-11,13-14,17-20,24-25,34H,9,12,15-16,21-23H2,1-4H3,(H,40,45,47)(H2,39,41,42,46)/t24-,25+,34?. The Hall–Kier alpha value is -5.16. The summed E-state index contributed by atoms with van der Waals surface area (Å²) >= 11 is 0. The number of imide groups is 1. The van der Waals surface area contributed by atoms with Gasteiger partial charge >= 0.3 is 0 Å². The van der Waals surface area contributed by atoms with Crippen LogP contribution in [0.25, 0.3) is 0 Å². The van der Waals surface area contributed by atoms with Gasteiger partial charge in [-0.1, -0.05) is 24.3 Å². The molecule has 6 rings (SSSR count). The molecule has 0 saturated carbocycles. The normalized spacial score (nSPS) is 19.8. The molecule has 11 nitrogen and oxygen atoms in total. The van der Waals surface area contributed by atoms with Gasteiger partial charge in [-0.3, -0.25) is 29.7 Å². The van der Waals surface area contributed by atoms with Gasteiger partial charge in [0.1, 0.15) is 11.5 Å². The minimum atomic E-state index is -0.304. The van der Waals surface area contributed by atoms with Gasteiger partial charge in [0.2, 0.25) is 11.8 Å². The van der Waals surface area contributed by atoms with Crippen molar-refractivity contribution in [2.24, 2.45) is 0 Å². The number of carbonyl (C=O) groups is 3. The molecular weight excluding hydrogens is 620 g/mol. The fraction of sp³-hybridized carbons (Fsp3) is 0.368. The molecule has 1 aromatic heterocycles. The maximum Gasteiger partial charge on any atom is 0.256 e. The minimum absolute atomic E-state index is 0.198. The number of amides is 3. The van der Waals surface area contributed by atoms with E-state index in [4.69, 9.17) is 9.47 Å². The summed E-state index contributed by atoms with van der Waals surface area (Å²) in [5.74, 6) is 1.04. The molecule has 3 atom stereocenters. The number of rotatable bonds is 11. The Bertz CT molecular complexity index is 1770. The van der Waals surface area contributed by atoms with Gasteiger partial charge in [0.15, 0.2) is 5.82 Å². The van der Waals surface area contributed by atoms with E-state index in [1.54, 1.807) is 14.2 Å². The van der Waals surface area contributed by atoms with Gasteiger partial charge in [0.25, 0.3) is 5.91 Å². The second-order valence-electron chi connectivity index (χ2n) is 13.0. The molecule has 256 valence electrons. The van der Waals surface area contributed by atoms with Crippen molar-refractivity contribution in [3.8, 4) is 11.5 Å². The smallest absolute Gasteiger partial charge is 0.256 e. The van der Waals surface area contributed by atoms with Gasteiger partial charge < -0.3 is 19.7 Å². The number of hydrogen-bond acceptors (Lipinski definition) is 8. The van der Waals surface area contributed by atoms with Crippen molar-refractivity contribution in [3.63, 3.8) is 0 Å². The lowest BCUT2D eigenvalue weighted by Crippen LogP contribution is -2.56. The zero-order valence-electron chi connectivity index (χ0n) is 28.5. The third-order valence-corrected chi connectivity index (χ3v) is 9.59. The number of nitrogens with one attached hydrogen (secondary N) is 3. The first-order valence-corrected chi connectivity index (χ1v) is 16.8. The Morgan fingerprint density at radius 3 is 2.29 bits per heavy atom. The Labute approximate surface area is 287 Å². The summed E-state index contributed by atoms with van der Waals surface area (Å²) in [6.07, 6.45) is 2.37. The largest absolute Gasteiger partial charge is 0.497 e. The van der Waals surface area contributed by atoms with Crippen LogP contribution in [0.1, 0.15) is 65.3 Å². The number of carbonyl (C=O) groups excluding carboxylic acids is 3. The number of nitrogens with zero attached hydrogens (tertiary/aromatic N) is 3. The monoisotopic (exact) mass is 664 g/mol. The van der Waals surface area contributed by atoms with Crippen molar-refractivity contribution in [3.05, 3.63) is 101 Å². The number of aryl methyl sites for hydroxylation is 2. The topological polar surface area (TPSA) is 129 Å². The molecule has 4 aromatic rings. The summed E-state index contributed by atoms with van der Waals surface area (Å²) in [7, 11) is 3.27. The van der Waals surface area contributed by atoms with Crippen LogP contribution in [0.3, 0.4) is 0 Å². The van der Waals surface area contributed by atoms with Crippen LogP contribution in [0.4, 0.5) is 11.5 Å². The van der Waals surface area contributed by atoms with Gasteiger partial charge in [-0.25, -0.2) is 0 Å². The van der Waals surface area contributed by atoms with Crippen LogP contribution in [0, 0.1) is 0 Å². The summed E-state index contributed by atoms with van der Waals surface area (Å²) in [4.78, 5) is 42.3. The number of H-pyrrole nitrogens is 1. The molecule has 3 N–H and O–H groups in total. The molecule has 0 radical (unpaired) electrons. The first-order valence-electron chi connectivity index (χ1n) is 16.8. The quantitative estimate of drug-likeness (QED) is 0.189. The number of methoxy groups -OCH3 is 2. The van der Waals surface area contributed by atoms with E-state index < -0.39 is 0 Å². The molecule has 0 aliphatic carbocycles. The highest BCUT2D eigenvalue weighted by Crippen LogP contribution is 2.31. The molecule has 2 saturated heterocycles. The van der Waals surface area contributed by atoms with Crippen molar-refractivity contribution >= 4 is 29.2 Å². The summed E-state index contributed by atoms with van der Waals surface area (Å²) in [5, 5.41) is 12.7. The lowest BCUT2D eigenvalue weighted by molar-refractivity contribution is -0.134. The van der Waals surface area contributed by atoms with Gasteiger partial charge in [-0.2, -0.15) is 5.10 Å². The second kappa shape index (κ2) is 14.9. The summed E-state index contributed by atoms with van der Waals surface area (Å²) in [6, 6.07) is 24.0. The molecule has 0 bridgehead atoms. The molecule has 2 aliphatic heterocycles. The fourth-order valence-electron chi connectivity index (χ4n) is 6.94. The molecule has 3 aromatic carbocycles. The lowest BCUT2D eigenvalue weighted by atomic mass is 9.87. The van der Waals surface area contributed by atoms with Crippen molar-refractivity contribution < 1.29 is 23.9 Å². The first-order chi connectivity index (χ1) is 23.7. The van der Waals surface area contributed by atoms with E-state index in [1.807, 2.05) is 66.7 Å². The molecule has 49 heavy (non-hydrogen) atoms. The molecule has 2 aliphatic rings. The van der Waals surface area contributed by atoms with E-state index in [0.717, 1.165) is 65.6 Å². The van der Waals surface area contributed by atoms with Crippen LogP contribution in [-0.4, -0.2) is 72.2 Å². The maximum atomic E-state index is 13.1. The SMILES string of the molecule is COc1cc(CCc2cc(NC(=O)c3ccc(N4C[C@@H](C)N(Cc5ccccc5C5CCC(=O)NC5=O)[C@@H](C)C4)cc3)n[nH]2)cc(OC)c1. The van der Waals surface area contributed by atoms with Crippen LogP contribution < -0.4 is 25.0 Å². The molecule has 2 fully saturated rings. The number of hydrogen-bond donors (Lipinski definition) is 3. The molecule has 3 heterocycles.